The van der Waals surface area contributed by atoms with Crippen molar-refractivity contribution in [3.8, 4) is 0 Å². The van der Waals surface area contributed by atoms with Gasteiger partial charge in [0.15, 0.2) is 0 Å². The normalized spacial score (nSPS) is 17.7. The molecule has 0 radical (unpaired) electrons. The molecule has 6 nitrogen and oxygen atoms in total. The van der Waals surface area contributed by atoms with Crippen LogP contribution in [0.2, 0.25) is 5.02 Å². The number of rotatable bonds is 6. The Labute approximate surface area is 161 Å². The number of anilines is 1. The van der Waals surface area contributed by atoms with E-state index in [-0.39, 0.29) is 30.2 Å². The maximum absolute atomic E-state index is 12.4. The van der Waals surface area contributed by atoms with E-state index in [0.717, 1.165) is 12.0 Å². The van der Waals surface area contributed by atoms with Crippen LogP contribution in [0.5, 0.6) is 0 Å². The first kappa shape index (κ1) is 18.9. The number of carbonyl (C=O) groups excluding carboxylic acids is 3. The van der Waals surface area contributed by atoms with Crippen molar-refractivity contribution in [1.82, 2.24) is 5.32 Å². The van der Waals surface area contributed by atoms with E-state index in [4.69, 9.17) is 11.6 Å². The standard InChI is InChI=1S/C20H19ClN2O4/c1-27-18(24)11-22-19(25)12-6-8-13(9-7-12)23-20(26)16-10-15(16)14-4-2-3-5-17(14)21/h2-9,15-16H,10-11H2,1H3,(H,22,25)(H,23,26). The Bertz CT molecular complexity index is 867. The minimum Gasteiger partial charge on any atom is -0.468 e. The molecule has 1 aliphatic rings. The van der Waals surface area contributed by atoms with Crippen molar-refractivity contribution in [3.05, 3.63) is 64.7 Å². The molecule has 1 aliphatic carbocycles. The topological polar surface area (TPSA) is 84.5 Å². The number of benzene rings is 2. The maximum Gasteiger partial charge on any atom is 0.325 e. The zero-order chi connectivity index (χ0) is 19.4. The first-order valence-corrected chi connectivity index (χ1v) is 8.87. The van der Waals surface area contributed by atoms with Crippen molar-refractivity contribution in [2.45, 2.75) is 12.3 Å². The van der Waals surface area contributed by atoms with Crippen LogP contribution < -0.4 is 10.6 Å². The van der Waals surface area contributed by atoms with Gasteiger partial charge in [0.25, 0.3) is 5.91 Å². The maximum atomic E-state index is 12.4. The lowest BCUT2D eigenvalue weighted by molar-refractivity contribution is -0.139. The molecule has 1 fully saturated rings. The number of amides is 2. The van der Waals surface area contributed by atoms with Crippen LogP contribution in [-0.2, 0) is 14.3 Å². The van der Waals surface area contributed by atoms with Crippen LogP contribution in [0.1, 0.15) is 28.3 Å². The van der Waals surface area contributed by atoms with Gasteiger partial charge in [-0.15, -0.1) is 0 Å². The molecule has 1 saturated carbocycles. The van der Waals surface area contributed by atoms with Gasteiger partial charge in [0.1, 0.15) is 6.54 Å². The average molecular weight is 387 g/mol. The molecular weight excluding hydrogens is 368 g/mol. The third-order valence-electron chi connectivity index (χ3n) is 4.47. The van der Waals surface area contributed by atoms with Gasteiger partial charge in [-0.2, -0.15) is 0 Å². The number of hydrogen-bond donors (Lipinski definition) is 2. The van der Waals surface area contributed by atoms with E-state index < -0.39 is 5.97 Å². The molecule has 2 unspecified atom stereocenters. The van der Waals surface area contributed by atoms with Gasteiger partial charge in [0, 0.05) is 22.2 Å². The second-order valence-electron chi connectivity index (χ2n) is 6.30. The molecule has 0 heterocycles. The highest BCUT2D eigenvalue weighted by molar-refractivity contribution is 6.31. The fourth-order valence-electron chi connectivity index (χ4n) is 2.87. The van der Waals surface area contributed by atoms with Crippen molar-refractivity contribution >= 4 is 35.1 Å². The highest BCUT2D eigenvalue weighted by Crippen LogP contribution is 2.49. The number of esters is 1. The first-order chi connectivity index (χ1) is 13.0. The minimum atomic E-state index is -0.523. The predicted octanol–water partition coefficient (Wildman–Crippen LogP) is 2.99. The van der Waals surface area contributed by atoms with E-state index in [1.807, 2.05) is 24.3 Å². The van der Waals surface area contributed by atoms with Crippen molar-refractivity contribution in [1.29, 1.82) is 0 Å². The molecule has 0 aliphatic heterocycles. The summed E-state index contributed by atoms with van der Waals surface area (Å²) in [5.74, 6) is -0.943. The Kier molecular flexibility index (Phi) is 5.76. The second-order valence-corrected chi connectivity index (χ2v) is 6.70. The van der Waals surface area contributed by atoms with Crippen LogP contribution in [0, 0.1) is 5.92 Å². The molecule has 2 aromatic carbocycles. The minimum absolute atomic E-state index is 0.0668. The molecule has 7 heteroatoms. The number of hydrogen-bond acceptors (Lipinski definition) is 4. The smallest absolute Gasteiger partial charge is 0.325 e. The fraction of sp³-hybridized carbons (Fsp3) is 0.250. The number of methoxy groups -OCH3 is 1. The van der Waals surface area contributed by atoms with Crippen molar-refractivity contribution < 1.29 is 19.1 Å². The van der Waals surface area contributed by atoms with Crippen LogP contribution in [-0.4, -0.2) is 31.4 Å². The van der Waals surface area contributed by atoms with Crippen LogP contribution in [0.15, 0.2) is 48.5 Å². The second kappa shape index (κ2) is 8.22. The van der Waals surface area contributed by atoms with Crippen LogP contribution in [0.4, 0.5) is 5.69 Å². The molecule has 0 spiro atoms. The SMILES string of the molecule is COC(=O)CNC(=O)c1ccc(NC(=O)C2CC2c2ccccc2Cl)cc1. The molecule has 3 rings (SSSR count). The molecule has 140 valence electrons. The van der Waals surface area contributed by atoms with Gasteiger partial charge < -0.3 is 15.4 Å². The summed E-state index contributed by atoms with van der Waals surface area (Å²) in [6, 6.07) is 14.0. The highest BCUT2D eigenvalue weighted by atomic mass is 35.5. The van der Waals surface area contributed by atoms with Crippen molar-refractivity contribution in [3.63, 3.8) is 0 Å². The summed E-state index contributed by atoms with van der Waals surface area (Å²) >= 11 is 6.19. The summed E-state index contributed by atoms with van der Waals surface area (Å²) in [6.45, 7) is -0.196. The molecule has 0 bridgehead atoms. The molecule has 27 heavy (non-hydrogen) atoms. The van der Waals surface area contributed by atoms with Gasteiger partial charge in [-0.1, -0.05) is 29.8 Å². The number of carbonyl (C=O) groups is 3. The van der Waals surface area contributed by atoms with E-state index in [1.54, 1.807) is 24.3 Å². The first-order valence-electron chi connectivity index (χ1n) is 8.50. The van der Waals surface area contributed by atoms with E-state index in [9.17, 15) is 14.4 Å². The van der Waals surface area contributed by atoms with Gasteiger partial charge in [-0.3, -0.25) is 14.4 Å². The third-order valence-corrected chi connectivity index (χ3v) is 4.81. The van der Waals surface area contributed by atoms with E-state index in [0.29, 0.717) is 16.3 Å². The predicted molar refractivity (Wildman–Crippen MR) is 102 cm³/mol. The fourth-order valence-corrected chi connectivity index (χ4v) is 3.15. The Morgan fingerprint density at radius 2 is 1.81 bits per heavy atom. The largest absolute Gasteiger partial charge is 0.468 e. The Morgan fingerprint density at radius 3 is 2.48 bits per heavy atom. The van der Waals surface area contributed by atoms with E-state index in [1.165, 1.54) is 7.11 Å². The summed E-state index contributed by atoms with van der Waals surface area (Å²) < 4.78 is 4.47. The molecule has 0 aromatic heterocycles. The van der Waals surface area contributed by atoms with Crippen LogP contribution in [0.25, 0.3) is 0 Å². The molecule has 2 amide bonds. The molecule has 2 aromatic rings. The lowest BCUT2D eigenvalue weighted by Crippen LogP contribution is -2.30. The van der Waals surface area contributed by atoms with Crippen molar-refractivity contribution in [2.75, 3.05) is 19.0 Å². The molecular formula is C20H19ClN2O4. The molecule has 2 N–H and O–H groups in total. The Balaban J connectivity index is 1.54. The van der Waals surface area contributed by atoms with Crippen LogP contribution >= 0.6 is 11.6 Å². The number of nitrogens with one attached hydrogen (secondary N) is 2. The monoisotopic (exact) mass is 386 g/mol. The summed E-state index contributed by atoms with van der Waals surface area (Å²) in [4.78, 5) is 35.4. The number of halogens is 1. The van der Waals surface area contributed by atoms with E-state index in [2.05, 4.69) is 15.4 Å². The lowest BCUT2D eigenvalue weighted by atomic mass is 10.1. The lowest BCUT2D eigenvalue weighted by Gasteiger charge is -2.08. The molecule has 0 saturated heterocycles. The van der Waals surface area contributed by atoms with E-state index >= 15 is 0 Å². The molecule has 2 atom stereocenters. The summed E-state index contributed by atoms with van der Waals surface area (Å²) in [6.07, 6.45) is 0.767. The third kappa shape index (κ3) is 4.65. The van der Waals surface area contributed by atoms with Gasteiger partial charge in [0.2, 0.25) is 5.91 Å². The van der Waals surface area contributed by atoms with Gasteiger partial charge in [0.05, 0.1) is 7.11 Å². The zero-order valence-corrected chi connectivity index (χ0v) is 15.5. The quantitative estimate of drug-likeness (QED) is 0.747. The summed E-state index contributed by atoms with van der Waals surface area (Å²) in [5, 5.41) is 6.00. The van der Waals surface area contributed by atoms with Crippen molar-refractivity contribution in [2.24, 2.45) is 5.92 Å². The Morgan fingerprint density at radius 1 is 1.11 bits per heavy atom. The van der Waals surface area contributed by atoms with Gasteiger partial charge >= 0.3 is 5.97 Å². The average Bonchev–Trinajstić information content (AvgIpc) is 3.47. The van der Waals surface area contributed by atoms with Gasteiger partial charge in [-0.05, 0) is 48.2 Å². The zero-order valence-electron chi connectivity index (χ0n) is 14.7. The summed E-state index contributed by atoms with van der Waals surface area (Å²) in [7, 11) is 1.25. The Hall–Kier alpha value is -2.86. The van der Waals surface area contributed by atoms with Gasteiger partial charge in [-0.25, -0.2) is 0 Å². The highest BCUT2D eigenvalue weighted by Gasteiger charge is 2.44. The summed E-state index contributed by atoms with van der Waals surface area (Å²) in [5.41, 5.74) is 1.99. The number of ether oxygens (including phenoxy) is 1. The van der Waals surface area contributed by atoms with Crippen LogP contribution in [0.3, 0.4) is 0 Å².